The summed E-state index contributed by atoms with van der Waals surface area (Å²) in [6.45, 7) is 6.74. The Morgan fingerprint density at radius 1 is 1.11 bits per heavy atom. The Morgan fingerprint density at radius 3 is 2.59 bits per heavy atom. The summed E-state index contributed by atoms with van der Waals surface area (Å²) in [7, 11) is 0. The van der Waals surface area contributed by atoms with Gasteiger partial charge in [0, 0.05) is 68.5 Å². The molecule has 7 nitrogen and oxygen atoms in total. The lowest BCUT2D eigenvalue weighted by molar-refractivity contribution is 0.00438. The lowest BCUT2D eigenvalue weighted by atomic mass is 9.84. The Balaban J connectivity index is 1.07. The number of benzene rings is 1. The van der Waals surface area contributed by atoms with E-state index in [0.717, 1.165) is 72.6 Å². The second-order valence-electron chi connectivity index (χ2n) is 10.7. The van der Waals surface area contributed by atoms with Crippen molar-refractivity contribution in [1.82, 2.24) is 15.0 Å². The van der Waals surface area contributed by atoms with Crippen LogP contribution in [0, 0.1) is 11.7 Å². The van der Waals surface area contributed by atoms with Crippen LogP contribution in [0.25, 0.3) is 0 Å². The van der Waals surface area contributed by atoms with E-state index in [1.165, 1.54) is 23.9 Å². The fourth-order valence-corrected chi connectivity index (χ4v) is 6.35. The molecule has 3 aliphatic heterocycles. The van der Waals surface area contributed by atoms with Gasteiger partial charge < -0.3 is 19.6 Å². The first-order valence-corrected chi connectivity index (χ1v) is 13.7. The van der Waals surface area contributed by atoms with Gasteiger partial charge in [-0.2, -0.15) is 0 Å². The number of nitrogens with zero attached hydrogens (tertiary/aromatic N) is 5. The first-order valence-electron chi connectivity index (χ1n) is 12.5. The average molecular weight is 542 g/mol. The SMILES string of the molecule is CC(C)(O)C1CN(c2nccc(Sc3cnc(N4CCC5(CC4)Cc4ccc(F)cc4O5)cn3)c2Cl)C1. The zero-order valence-corrected chi connectivity index (χ0v) is 22.4. The molecule has 1 spiro atoms. The Kier molecular flexibility index (Phi) is 6.20. The molecule has 2 fully saturated rings. The monoisotopic (exact) mass is 541 g/mol. The van der Waals surface area contributed by atoms with Gasteiger partial charge in [0.2, 0.25) is 0 Å². The van der Waals surface area contributed by atoms with E-state index in [1.54, 1.807) is 18.6 Å². The number of aromatic nitrogens is 3. The molecule has 5 heterocycles. The van der Waals surface area contributed by atoms with E-state index in [0.29, 0.717) is 10.8 Å². The molecule has 10 heteroatoms. The Bertz CT molecular complexity index is 1310. The van der Waals surface area contributed by atoms with E-state index in [-0.39, 0.29) is 17.3 Å². The van der Waals surface area contributed by atoms with Gasteiger partial charge in [0.05, 0.1) is 23.0 Å². The van der Waals surface area contributed by atoms with E-state index in [2.05, 4.69) is 24.8 Å². The van der Waals surface area contributed by atoms with Crippen LogP contribution in [0.4, 0.5) is 16.0 Å². The van der Waals surface area contributed by atoms with Crippen LogP contribution in [0.3, 0.4) is 0 Å². The summed E-state index contributed by atoms with van der Waals surface area (Å²) < 4.78 is 19.8. The maximum Gasteiger partial charge on any atom is 0.148 e. The highest BCUT2D eigenvalue weighted by molar-refractivity contribution is 7.99. The van der Waals surface area contributed by atoms with Crippen LogP contribution in [0.15, 0.2) is 52.8 Å². The fourth-order valence-electron chi connectivity index (χ4n) is 5.26. The largest absolute Gasteiger partial charge is 0.486 e. The second kappa shape index (κ2) is 9.29. The molecule has 0 amide bonds. The zero-order valence-electron chi connectivity index (χ0n) is 20.8. The number of fused-ring (bicyclic) bond motifs is 1. The minimum atomic E-state index is -0.712. The lowest BCUT2D eigenvalue weighted by Gasteiger charge is -2.46. The van der Waals surface area contributed by atoms with Crippen LogP contribution in [-0.2, 0) is 6.42 Å². The molecule has 3 aromatic rings. The van der Waals surface area contributed by atoms with Gasteiger partial charge in [-0.15, -0.1) is 0 Å². The van der Waals surface area contributed by atoms with E-state index >= 15 is 0 Å². The van der Waals surface area contributed by atoms with Gasteiger partial charge in [0.25, 0.3) is 0 Å². The fraction of sp³-hybridized carbons (Fsp3) is 0.444. The molecule has 3 aliphatic rings. The number of ether oxygens (including phenoxy) is 1. The van der Waals surface area contributed by atoms with Gasteiger partial charge >= 0.3 is 0 Å². The van der Waals surface area contributed by atoms with Crippen molar-refractivity contribution in [1.29, 1.82) is 0 Å². The van der Waals surface area contributed by atoms with Gasteiger partial charge in [-0.25, -0.2) is 19.3 Å². The average Bonchev–Trinajstić information content (AvgIpc) is 3.17. The van der Waals surface area contributed by atoms with Gasteiger partial charge in [-0.3, -0.25) is 0 Å². The molecule has 37 heavy (non-hydrogen) atoms. The van der Waals surface area contributed by atoms with Crippen molar-refractivity contribution in [2.45, 2.75) is 54.2 Å². The highest BCUT2D eigenvalue weighted by Gasteiger charge is 2.42. The molecule has 0 bridgehead atoms. The summed E-state index contributed by atoms with van der Waals surface area (Å²) in [5.74, 6) is 2.19. The zero-order chi connectivity index (χ0) is 25.8. The number of hydrogen-bond acceptors (Lipinski definition) is 8. The topological polar surface area (TPSA) is 74.6 Å². The summed E-state index contributed by atoms with van der Waals surface area (Å²) in [6, 6.07) is 6.72. The normalized spacial score (nSPS) is 19.1. The van der Waals surface area contributed by atoms with Crippen LogP contribution in [-0.4, -0.2) is 57.4 Å². The minimum Gasteiger partial charge on any atom is -0.486 e. The van der Waals surface area contributed by atoms with Crippen LogP contribution in [0.5, 0.6) is 5.75 Å². The van der Waals surface area contributed by atoms with Crippen molar-refractivity contribution >= 4 is 35.0 Å². The van der Waals surface area contributed by atoms with Crippen LogP contribution >= 0.6 is 23.4 Å². The number of hydrogen-bond donors (Lipinski definition) is 1. The molecule has 0 unspecified atom stereocenters. The molecule has 1 aromatic carbocycles. The van der Waals surface area contributed by atoms with Crippen molar-refractivity contribution in [3.05, 3.63) is 59.3 Å². The molecule has 2 aromatic heterocycles. The standard InChI is InChI=1S/C27H29ClFN5O2S/c1-26(2,35)18-15-34(16-18)25-24(28)21(5-8-30-25)37-23-14-31-22(13-32-23)33-9-6-27(7-10-33)12-17-3-4-19(29)11-20(17)36-27/h3-5,8,11,13-14,18,35H,6-7,9-10,12,15-16H2,1-2H3. The van der Waals surface area contributed by atoms with Gasteiger partial charge in [-0.1, -0.05) is 29.4 Å². The van der Waals surface area contributed by atoms with Crippen LogP contribution in [0.2, 0.25) is 5.02 Å². The van der Waals surface area contributed by atoms with Crippen molar-refractivity contribution < 1.29 is 14.2 Å². The second-order valence-corrected chi connectivity index (χ2v) is 12.2. The number of aliphatic hydroxyl groups is 1. The molecule has 2 saturated heterocycles. The minimum absolute atomic E-state index is 0.198. The molecular formula is C27H29ClFN5O2S. The van der Waals surface area contributed by atoms with Gasteiger partial charge in [0.15, 0.2) is 0 Å². The molecular weight excluding hydrogens is 513 g/mol. The van der Waals surface area contributed by atoms with Crippen LogP contribution in [0.1, 0.15) is 32.3 Å². The Hall–Kier alpha value is -2.62. The van der Waals surface area contributed by atoms with Gasteiger partial charge in [-0.05, 0) is 31.5 Å². The van der Waals surface area contributed by atoms with E-state index in [1.807, 2.05) is 26.0 Å². The summed E-state index contributed by atoms with van der Waals surface area (Å²) in [6.07, 6.45) is 7.86. The van der Waals surface area contributed by atoms with Gasteiger partial charge in [0.1, 0.15) is 33.8 Å². The maximum absolute atomic E-state index is 13.6. The van der Waals surface area contributed by atoms with E-state index in [4.69, 9.17) is 16.3 Å². The third-order valence-corrected chi connectivity index (χ3v) is 9.18. The van der Waals surface area contributed by atoms with E-state index in [9.17, 15) is 9.50 Å². The highest BCUT2D eigenvalue weighted by atomic mass is 35.5. The highest BCUT2D eigenvalue weighted by Crippen LogP contribution is 2.42. The molecule has 6 rings (SSSR count). The third kappa shape index (κ3) is 4.84. The molecule has 0 atom stereocenters. The predicted octanol–water partition coefficient (Wildman–Crippen LogP) is 5.00. The molecule has 1 N–H and O–H groups in total. The molecule has 194 valence electrons. The number of halogens is 2. The summed E-state index contributed by atoms with van der Waals surface area (Å²) in [5, 5.41) is 11.6. The van der Waals surface area contributed by atoms with Crippen LogP contribution < -0.4 is 14.5 Å². The van der Waals surface area contributed by atoms with E-state index < -0.39 is 5.60 Å². The quantitative estimate of drug-likeness (QED) is 0.484. The van der Waals surface area contributed by atoms with Crippen molar-refractivity contribution in [3.63, 3.8) is 0 Å². The maximum atomic E-state index is 13.6. The third-order valence-electron chi connectivity index (χ3n) is 7.71. The summed E-state index contributed by atoms with van der Waals surface area (Å²) in [5.41, 5.74) is 0.116. The molecule has 0 radical (unpaired) electrons. The smallest absolute Gasteiger partial charge is 0.148 e. The molecule has 0 aliphatic carbocycles. The number of pyridine rings is 1. The van der Waals surface area contributed by atoms with Crippen molar-refractivity contribution in [2.24, 2.45) is 5.92 Å². The first-order chi connectivity index (χ1) is 17.7. The number of anilines is 2. The summed E-state index contributed by atoms with van der Waals surface area (Å²) >= 11 is 8.17. The summed E-state index contributed by atoms with van der Waals surface area (Å²) in [4.78, 5) is 19.0. The Labute approximate surface area is 225 Å². The number of piperidine rings is 1. The first kappa shape index (κ1) is 24.7. The van der Waals surface area contributed by atoms with Crippen molar-refractivity contribution in [3.8, 4) is 5.75 Å². The predicted molar refractivity (Wildman–Crippen MR) is 142 cm³/mol. The molecule has 0 saturated carbocycles. The van der Waals surface area contributed by atoms with Crippen molar-refractivity contribution in [2.75, 3.05) is 36.0 Å². The lowest BCUT2D eigenvalue weighted by Crippen LogP contribution is -2.56. The number of rotatable bonds is 5. The Morgan fingerprint density at radius 2 is 1.89 bits per heavy atom.